The van der Waals surface area contributed by atoms with E-state index in [0.29, 0.717) is 0 Å². The van der Waals surface area contributed by atoms with Gasteiger partial charge in [-0.3, -0.25) is 14.8 Å². The Morgan fingerprint density at radius 3 is 2.47 bits per heavy atom. The van der Waals surface area contributed by atoms with Crippen molar-refractivity contribution >= 4 is 5.96 Å². The van der Waals surface area contributed by atoms with Crippen molar-refractivity contribution in [2.24, 2.45) is 4.99 Å². The minimum atomic E-state index is 0.245. The summed E-state index contributed by atoms with van der Waals surface area (Å²) in [6, 6.07) is 10.6. The molecule has 0 aliphatic carbocycles. The van der Waals surface area contributed by atoms with E-state index in [1.54, 1.807) is 13.4 Å². The Bertz CT molecular complexity index is 828. The van der Waals surface area contributed by atoms with Gasteiger partial charge in [-0.25, -0.2) is 0 Å². The number of hydrogen-bond donors (Lipinski definition) is 1. The molecule has 1 atom stereocenters. The van der Waals surface area contributed by atoms with E-state index in [4.69, 9.17) is 14.0 Å². The van der Waals surface area contributed by atoms with Crippen LogP contribution in [0.4, 0.5) is 0 Å². The topological polar surface area (TPSA) is 78.6 Å². The third-order valence-electron chi connectivity index (χ3n) is 6.20. The van der Waals surface area contributed by atoms with Gasteiger partial charge in [0.15, 0.2) is 5.96 Å². The molecule has 1 aromatic carbocycles. The summed E-state index contributed by atoms with van der Waals surface area (Å²) in [5.41, 5.74) is 2.25. The van der Waals surface area contributed by atoms with Gasteiger partial charge in [0.1, 0.15) is 12.0 Å². The number of aromatic nitrogens is 1. The van der Waals surface area contributed by atoms with Gasteiger partial charge in [0.2, 0.25) is 0 Å². The molecule has 1 aromatic heterocycles. The normalized spacial score (nSPS) is 19.7. The summed E-state index contributed by atoms with van der Waals surface area (Å²) in [7, 11) is 3.56. The Balaban J connectivity index is 1.35. The molecule has 4 rings (SSSR count). The Hall–Kier alpha value is -2.62. The molecule has 1 unspecified atom stereocenters. The van der Waals surface area contributed by atoms with Crippen LogP contribution in [-0.4, -0.2) is 99.0 Å². The molecule has 0 radical (unpaired) electrons. The van der Waals surface area contributed by atoms with Crippen LogP contribution >= 0.6 is 0 Å². The summed E-state index contributed by atoms with van der Waals surface area (Å²) >= 11 is 0. The molecule has 174 valence electrons. The molecule has 0 amide bonds. The number of morpholine rings is 1. The zero-order valence-electron chi connectivity index (χ0n) is 19.1. The zero-order valence-corrected chi connectivity index (χ0v) is 19.1. The van der Waals surface area contributed by atoms with Crippen molar-refractivity contribution in [3.8, 4) is 5.75 Å². The third-order valence-corrected chi connectivity index (χ3v) is 6.20. The Kier molecular flexibility index (Phi) is 7.97. The van der Waals surface area contributed by atoms with E-state index in [0.717, 1.165) is 83.0 Å². The fourth-order valence-corrected chi connectivity index (χ4v) is 4.36. The first kappa shape index (κ1) is 22.6. The number of aliphatic imine (C=N–C) groups is 1. The highest BCUT2D eigenvalue weighted by Crippen LogP contribution is 2.24. The molecule has 9 heteroatoms. The minimum absolute atomic E-state index is 0.245. The van der Waals surface area contributed by atoms with E-state index in [2.05, 4.69) is 42.3 Å². The van der Waals surface area contributed by atoms with E-state index in [9.17, 15) is 0 Å². The highest BCUT2D eigenvalue weighted by Gasteiger charge is 2.25. The summed E-state index contributed by atoms with van der Waals surface area (Å²) in [5, 5.41) is 7.67. The average Bonchev–Trinajstić information content (AvgIpc) is 3.36. The number of methoxy groups -OCH3 is 1. The van der Waals surface area contributed by atoms with Crippen LogP contribution in [0.1, 0.15) is 17.3 Å². The van der Waals surface area contributed by atoms with Crippen molar-refractivity contribution < 1.29 is 14.0 Å². The van der Waals surface area contributed by atoms with Crippen LogP contribution in [0, 0.1) is 0 Å². The second-order valence-electron chi connectivity index (χ2n) is 8.12. The second kappa shape index (κ2) is 11.3. The van der Waals surface area contributed by atoms with E-state index in [1.807, 2.05) is 25.2 Å². The maximum absolute atomic E-state index is 5.58. The maximum atomic E-state index is 5.58. The van der Waals surface area contributed by atoms with Gasteiger partial charge in [-0.2, -0.15) is 0 Å². The molecule has 2 fully saturated rings. The monoisotopic (exact) mass is 442 g/mol. The van der Waals surface area contributed by atoms with Crippen LogP contribution in [-0.2, 0) is 11.3 Å². The van der Waals surface area contributed by atoms with Gasteiger partial charge in [0, 0.05) is 65.5 Å². The number of hydrogen-bond acceptors (Lipinski definition) is 7. The lowest BCUT2D eigenvalue weighted by Gasteiger charge is -2.38. The van der Waals surface area contributed by atoms with Crippen LogP contribution in [0.3, 0.4) is 0 Å². The molecule has 2 aliphatic rings. The molecule has 2 aromatic rings. The number of guanidine groups is 1. The average molecular weight is 443 g/mol. The Morgan fingerprint density at radius 1 is 1.09 bits per heavy atom. The Labute approximate surface area is 190 Å². The first-order chi connectivity index (χ1) is 15.8. The number of ether oxygens (including phenoxy) is 2. The van der Waals surface area contributed by atoms with Crippen molar-refractivity contribution in [2.75, 3.05) is 73.2 Å². The predicted molar refractivity (Wildman–Crippen MR) is 123 cm³/mol. The molecule has 2 aliphatic heterocycles. The molecule has 0 saturated carbocycles. The maximum Gasteiger partial charge on any atom is 0.193 e. The van der Waals surface area contributed by atoms with Gasteiger partial charge < -0.3 is 24.2 Å². The first-order valence-electron chi connectivity index (χ1n) is 11.3. The zero-order chi connectivity index (χ0) is 22.2. The summed E-state index contributed by atoms with van der Waals surface area (Å²) in [6.07, 6.45) is 1.63. The number of nitrogens with one attached hydrogen (secondary N) is 1. The Morgan fingerprint density at radius 2 is 1.84 bits per heavy atom. The van der Waals surface area contributed by atoms with E-state index >= 15 is 0 Å². The summed E-state index contributed by atoms with van der Waals surface area (Å²) in [6.45, 7) is 8.83. The lowest BCUT2D eigenvalue weighted by atomic mass is 10.0. The van der Waals surface area contributed by atoms with Crippen molar-refractivity contribution in [1.82, 2.24) is 25.2 Å². The van der Waals surface area contributed by atoms with Gasteiger partial charge in [0.25, 0.3) is 0 Å². The largest absolute Gasteiger partial charge is 0.497 e. The van der Waals surface area contributed by atoms with Crippen LogP contribution in [0.25, 0.3) is 0 Å². The molecule has 0 bridgehead atoms. The van der Waals surface area contributed by atoms with Crippen LogP contribution in [0.5, 0.6) is 5.75 Å². The van der Waals surface area contributed by atoms with Gasteiger partial charge >= 0.3 is 0 Å². The highest BCUT2D eigenvalue weighted by molar-refractivity contribution is 5.80. The number of nitrogens with zero attached hydrogens (tertiary/aromatic N) is 5. The summed E-state index contributed by atoms with van der Waals surface area (Å²) < 4.78 is 15.9. The van der Waals surface area contributed by atoms with Gasteiger partial charge in [-0.1, -0.05) is 17.3 Å². The molecule has 2 saturated heterocycles. The third kappa shape index (κ3) is 5.79. The lowest BCUT2D eigenvalue weighted by molar-refractivity contribution is 0.0168. The van der Waals surface area contributed by atoms with E-state index < -0.39 is 0 Å². The molecular weight excluding hydrogens is 408 g/mol. The first-order valence-corrected chi connectivity index (χ1v) is 11.3. The number of rotatable bonds is 7. The van der Waals surface area contributed by atoms with Gasteiger partial charge in [-0.15, -0.1) is 0 Å². The van der Waals surface area contributed by atoms with Crippen LogP contribution < -0.4 is 10.1 Å². The molecular formula is C23H34N6O3. The highest BCUT2D eigenvalue weighted by atomic mass is 16.5. The second-order valence-corrected chi connectivity index (χ2v) is 8.12. The number of piperazine rings is 1. The van der Waals surface area contributed by atoms with Gasteiger partial charge in [-0.05, 0) is 17.7 Å². The molecule has 0 spiro atoms. The van der Waals surface area contributed by atoms with E-state index in [-0.39, 0.29) is 6.04 Å². The van der Waals surface area contributed by atoms with Crippen LogP contribution in [0.15, 0.2) is 46.1 Å². The lowest BCUT2D eigenvalue weighted by Crippen LogP contribution is -2.53. The summed E-state index contributed by atoms with van der Waals surface area (Å²) in [4.78, 5) is 11.8. The minimum Gasteiger partial charge on any atom is -0.497 e. The van der Waals surface area contributed by atoms with Crippen molar-refractivity contribution in [3.63, 3.8) is 0 Å². The quantitative estimate of drug-likeness (QED) is 0.510. The van der Waals surface area contributed by atoms with Crippen LogP contribution in [0.2, 0.25) is 0 Å². The smallest absolute Gasteiger partial charge is 0.193 e. The fraction of sp³-hybridized carbons (Fsp3) is 0.565. The molecule has 32 heavy (non-hydrogen) atoms. The predicted octanol–water partition coefficient (Wildman–Crippen LogP) is 1.45. The van der Waals surface area contributed by atoms with Gasteiger partial charge in [0.05, 0.1) is 32.1 Å². The van der Waals surface area contributed by atoms with Crippen molar-refractivity contribution in [1.29, 1.82) is 0 Å². The summed E-state index contributed by atoms with van der Waals surface area (Å²) in [5.74, 6) is 1.83. The molecule has 9 nitrogen and oxygen atoms in total. The SMILES string of the molecule is CN=C(NCC(c1ccc(OC)cc1)N1CCOCC1)N1CCN(Cc2ccon2)CC1. The molecule has 1 N–H and O–H groups in total. The number of benzene rings is 1. The van der Waals surface area contributed by atoms with Crippen molar-refractivity contribution in [2.45, 2.75) is 12.6 Å². The van der Waals surface area contributed by atoms with E-state index in [1.165, 1.54) is 5.56 Å². The fourth-order valence-electron chi connectivity index (χ4n) is 4.36. The van der Waals surface area contributed by atoms with Crippen molar-refractivity contribution in [3.05, 3.63) is 47.9 Å². The standard InChI is InChI=1S/C23H34N6O3/c1-24-23(29-10-8-27(9-11-29)18-20-7-14-32-26-20)25-17-22(28-12-15-31-16-13-28)19-3-5-21(30-2)6-4-19/h3-7,14,22H,8-13,15-18H2,1-2H3,(H,24,25). The molecule has 3 heterocycles.